The summed E-state index contributed by atoms with van der Waals surface area (Å²) in [6, 6.07) is 6.56. The van der Waals surface area contributed by atoms with E-state index in [-0.39, 0.29) is 12.1 Å². The van der Waals surface area contributed by atoms with Gasteiger partial charge in [-0.05, 0) is 31.0 Å². The first-order chi connectivity index (χ1) is 9.69. The average molecular weight is 278 g/mol. The molecular formula is C15H19FN2O2. The number of nitriles is 1. The summed E-state index contributed by atoms with van der Waals surface area (Å²) < 4.78 is 24.5. The minimum absolute atomic E-state index is 0.192. The number of benzene rings is 1. The Morgan fingerprint density at radius 2 is 1.95 bits per heavy atom. The summed E-state index contributed by atoms with van der Waals surface area (Å²) in [6.45, 7) is 1.52. The highest BCUT2D eigenvalue weighted by atomic mass is 19.1. The Morgan fingerprint density at radius 3 is 2.45 bits per heavy atom. The van der Waals surface area contributed by atoms with Gasteiger partial charge in [0.05, 0.1) is 17.3 Å². The summed E-state index contributed by atoms with van der Waals surface area (Å²) in [6.07, 6.45) is 1.60. The molecule has 0 spiro atoms. The number of nitrogens with zero attached hydrogens (tertiary/aromatic N) is 2. The standard InChI is InChI=1S/C15H19FN2O2/c1-19-15(20-2)12-5-7-18(8-6-12)14-4-3-11(10-17)9-13(14)16/h3-4,9,12,15H,5-8H2,1-2H3. The lowest BCUT2D eigenvalue weighted by molar-refractivity contribution is -0.141. The molecule has 0 aromatic heterocycles. The molecule has 1 fully saturated rings. The van der Waals surface area contributed by atoms with Crippen LogP contribution in [0.1, 0.15) is 18.4 Å². The average Bonchev–Trinajstić information content (AvgIpc) is 2.49. The summed E-state index contributed by atoms with van der Waals surface area (Å²) >= 11 is 0. The summed E-state index contributed by atoms with van der Waals surface area (Å²) in [5.74, 6) is 0.000209. The lowest BCUT2D eigenvalue weighted by atomic mass is 9.95. The monoisotopic (exact) mass is 278 g/mol. The van der Waals surface area contributed by atoms with E-state index in [0.717, 1.165) is 25.9 Å². The molecule has 2 rings (SSSR count). The van der Waals surface area contributed by atoms with Crippen LogP contribution in [-0.4, -0.2) is 33.6 Å². The Hall–Kier alpha value is -1.64. The molecule has 0 aliphatic carbocycles. The SMILES string of the molecule is COC(OC)C1CCN(c2ccc(C#N)cc2F)CC1. The van der Waals surface area contributed by atoms with E-state index in [9.17, 15) is 4.39 Å². The third-order valence-electron chi connectivity index (χ3n) is 3.81. The van der Waals surface area contributed by atoms with Gasteiger partial charge in [-0.3, -0.25) is 0 Å². The zero-order valence-electron chi connectivity index (χ0n) is 11.8. The van der Waals surface area contributed by atoms with Crippen molar-refractivity contribution < 1.29 is 13.9 Å². The van der Waals surface area contributed by atoms with Crippen molar-refractivity contribution >= 4 is 5.69 Å². The first-order valence-corrected chi connectivity index (χ1v) is 6.69. The van der Waals surface area contributed by atoms with E-state index in [1.807, 2.05) is 11.0 Å². The zero-order chi connectivity index (χ0) is 14.5. The second-order valence-corrected chi connectivity index (χ2v) is 4.94. The summed E-state index contributed by atoms with van der Waals surface area (Å²) in [4.78, 5) is 2.01. The van der Waals surface area contributed by atoms with Crippen molar-refractivity contribution in [2.24, 2.45) is 5.92 Å². The second kappa shape index (κ2) is 6.69. The fourth-order valence-electron chi connectivity index (χ4n) is 2.73. The Morgan fingerprint density at radius 1 is 1.30 bits per heavy atom. The van der Waals surface area contributed by atoms with Crippen LogP contribution >= 0.6 is 0 Å². The molecule has 5 heteroatoms. The molecule has 0 saturated carbocycles. The van der Waals surface area contributed by atoms with Gasteiger partial charge in [0.15, 0.2) is 6.29 Å². The number of rotatable bonds is 4. The molecule has 0 N–H and O–H groups in total. The molecule has 0 bridgehead atoms. The molecule has 1 aromatic carbocycles. The normalized spacial score (nSPS) is 16.4. The predicted octanol–water partition coefficient (Wildman–Crippen LogP) is 2.53. The van der Waals surface area contributed by atoms with Crippen molar-refractivity contribution in [3.8, 4) is 6.07 Å². The molecule has 108 valence electrons. The predicted molar refractivity (Wildman–Crippen MR) is 73.9 cm³/mol. The summed E-state index contributed by atoms with van der Waals surface area (Å²) in [7, 11) is 3.28. The Labute approximate surface area is 118 Å². The number of piperidine rings is 1. The van der Waals surface area contributed by atoms with Crippen molar-refractivity contribution in [2.75, 3.05) is 32.2 Å². The molecule has 1 saturated heterocycles. The van der Waals surface area contributed by atoms with Crippen molar-refractivity contribution in [1.29, 1.82) is 5.26 Å². The highest BCUT2D eigenvalue weighted by molar-refractivity contribution is 5.51. The summed E-state index contributed by atoms with van der Waals surface area (Å²) in [5.41, 5.74) is 0.911. The fourth-order valence-corrected chi connectivity index (χ4v) is 2.73. The number of halogens is 1. The number of hydrogen-bond acceptors (Lipinski definition) is 4. The van der Waals surface area contributed by atoms with Gasteiger partial charge >= 0.3 is 0 Å². The molecule has 0 amide bonds. The van der Waals surface area contributed by atoms with Crippen LogP contribution in [0.25, 0.3) is 0 Å². The van der Waals surface area contributed by atoms with Crippen LogP contribution < -0.4 is 4.90 Å². The molecule has 20 heavy (non-hydrogen) atoms. The molecule has 1 heterocycles. The van der Waals surface area contributed by atoms with Crippen LogP contribution in [0.5, 0.6) is 0 Å². The third-order valence-corrected chi connectivity index (χ3v) is 3.81. The van der Waals surface area contributed by atoms with Gasteiger partial charge in [-0.15, -0.1) is 0 Å². The van der Waals surface area contributed by atoms with Crippen LogP contribution in [0.15, 0.2) is 18.2 Å². The maximum atomic E-state index is 14.0. The van der Waals surface area contributed by atoms with Gasteiger partial charge in [-0.25, -0.2) is 4.39 Å². The topological polar surface area (TPSA) is 45.5 Å². The zero-order valence-corrected chi connectivity index (χ0v) is 11.8. The van der Waals surface area contributed by atoms with Crippen molar-refractivity contribution in [3.63, 3.8) is 0 Å². The van der Waals surface area contributed by atoms with E-state index in [0.29, 0.717) is 17.2 Å². The maximum absolute atomic E-state index is 14.0. The van der Waals surface area contributed by atoms with E-state index >= 15 is 0 Å². The molecule has 1 aromatic rings. The number of ether oxygens (including phenoxy) is 2. The van der Waals surface area contributed by atoms with Crippen molar-refractivity contribution in [2.45, 2.75) is 19.1 Å². The molecule has 1 aliphatic heterocycles. The van der Waals surface area contributed by atoms with Crippen LogP contribution in [0, 0.1) is 23.1 Å². The van der Waals surface area contributed by atoms with Crippen LogP contribution in [0.3, 0.4) is 0 Å². The van der Waals surface area contributed by atoms with Crippen molar-refractivity contribution in [3.05, 3.63) is 29.6 Å². The van der Waals surface area contributed by atoms with Crippen LogP contribution in [0.2, 0.25) is 0 Å². The molecule has 4 nitrogen and oxygen atoms in total. The molecule has 1 aliphatic rings. The largest absolute Gasteiger partial charge is 0.369 e. The van der Waals surface area contributed by atoms with E-state index in [1.165, 1.54) is 6.07 Å². The van der Waals surface area contributed by atoms with Crippen LogP contribution in [0.4, 0.5) is 10.1 Å². The first-order valence-electron chi connectivity index (χ1n) is 6.69. The number of anilines is 1. The van der Waals surface area contributed by atoms with Gasteiger partial charge in [0.25, 0.3) is 0 Å². The van der Waals surface area contributed by atoms with E-state index in [2.05, 4.69) is 0 Å². The van der Waals surface area contributed by atoms with Gasteiger partial charge < -0.3 is 14.4 Å². The molecule has 0 unspecified atom stereocenters. The quantitative estimate of drug-likeness (QED) is 0.794. The second-order valence-electron chi connectivity index (χ2n) is 4.94. The first kappa shape index (κ1) is 14.8. The molecular weight excluding hydrogens is 259 g/mol. The Bertz CT molecular complexity index is 489. The van der Waals surface area contributed by atoms with Gasteiger partial charge in [0.2, 0.25) is 0 Å². The van der Waals surface area contributed by atoms with E-state index < -0.39 is 0 Å². The van der Waals surface area contributed by atoms with Gasteiger partial charge in [0.1, 0.15) is 5.82 Å². The van der Waals surface area contributed by atoms with E-state index in [1.54, 1.807) is 26.4 Å². The minimum atomic E-state index is -0.336. The van der Waals surface area contributed by atoms with Gasteiger partial charge in [-0.2, -0.15) is 5.26 Å². The Kier molecular flexibility index (Phi) is 4.94. The maximum Gasteiger partial charge on any atom is 0.159 e. The van der Waals surface area contributed by atoms with Crippen molar-refractivity contribution in [1.82, 2.24) is 0 Å². The van der Waals surface area contributed by atoms with Crippen LogP contribution in [-0.2, 0) is 9.47 Å². The minimum Gasteiger partial charge on any atom is -0.369 e. The highest BCUT2D eigenvalue weighted by Crippen LogP contribution is 2.28. The van der Waals surface area contributed by atoms with Gasteiger partial charge in [0, 0.05) is 33.2 Å². The number of methoxy groups -OCH3 is 2. The third kappa shape index (κ3) is 3.09. The lowest BCUT2D eigenvalue weighted by Gasteiger charge is -2.36. The Balaban J connectivity index is 2.02. The number of hydrogen-bond donors (Lipinski definition) is 0. The summed E-state index contributed by atoms with van der Waals surface area (Å²) in [5, 5.41) is 8.76. The molecule has 0 atom stereocenters. The van der Waals surface area contributed by atoms with E-state index in [4.69, 9.17) is 14.7 Å². The smallest absolute Gasteiger partial charge is 0.159 e. The lowest BCUT2D eigenvalue weighted by Crippen LogP contribution is -2.39. The highest BCUT2D eigenvalue weighted by Gasteiger charge is 2.27. The molecule has 0 radical (unpaired) electrons. The fraction of sp³-hybridized carbons (Fsp3) is 0.533. The van der Waals surface area contributed by atoms with Gasteiger partial charge in [-0.1, -0.05) is 0 Å².